The van der Waals surface area contributed by atoms with Crippen molar-refractivity contribution in [1.29, 1.82) is 0 Å². The second-order valence-corrected chi connectivity index (χ2v) is 18.4. The van der Waals surface area contributed by atoms with Gasteiger partial charge in [-0.05, 0) is 91.0 Å². The minimum Gasteiger partial charge on any atom is -0.544 e. The summed E-state index contributed by atoms with van der Waals surface area (Å²) in [5.41, 5.74) is 6.11. The van der Waals surface area contributed by atoms with Gasteiger partial charge in [0.25, 0.3) is 0 Å². The quantitative estimate of drug-likeness (QED) is 0.0772. The highest BCUT2D eigenvalue weighted by Gasteiger charge is 2.46. The van der Waals surface area contributed by atoms with Gasteiger partial charge in [-0.3, -0.25) is 4.90 Å². The average Bonchev–Trinajstić information content (AvgIpc) is 3.28. The first kappa shape index (κ1) is 46.1. The molecule has 0 saturated carbocycles. The number of phenolic OH excluding ortho intramolecular Hbond substituents is 1. The first-order valence-electron chi connectivity index (χ1n) is 23.6. The predicted molar refractivity (Wildman–Crippen MR) is 246 cm³/mol. The van der Waals surface area contributed by atoms with Crippen LogP contribution in [0.5, 0.6) is 46.0 Å². The molecular weight excluding hydrogens is 793 g/mol. The van der Waals surface area contributed by atoms with Gasteiger partial charge in [0.05, 0.1) is 40.9 Å². The number of carbonyl (C=O) groups excluding carboxylic acids is 1. The number of nitrogens with zero attached hydrogens (tertiary/aromatic N) is 2. The Morgan fingerprint density at radius 1 is 0.762 bits per heavy atom. The van der Waals surface area contributed by atoms with Gasteiger partial charge in [0, 0.05) is 43.0 Å². The monoisotopic (exact) mass is 863 g/mol. The Morgan fingerprint density at radius 3 is 2.03 bits per heavy atom. The summed E-state index contributed by atoms with van der Waals surface area (Å²) in [4.78, 5) is 15.7. The third-order valence-corrected chi connectivity index (χ3v) is 14.3. The van der Waals surface area contributed by atoms with Crippen molar-refractivity contribution < 1.29 is 43.2 Å². The molecule has 0 aromatic heterocycles. The van der Waals surface area contributed by atoms with Crippen molar-refractivity contribution in [2.24, 2.45) is 0 Å². The molecule has 0 aliphatic carbocycles. The van der Waals surface area contributed by atoms with Crippen LogP contribution in [0.4, 0.5) is 0 Å². The molecule has 340 valence electrons. The molecule has 4 aromatic carbocycles. The summed E-state index contributed by atoms with van der Waals surface area (Å²) in [5, 5.41) is 25.3. The Kier molecular flexibility index (Phi) is 15.5. The summed E-state index contributed by atoms with van der Waals surface area (Å²) in [5.74, 6) is 2.48. The number of unbranched alkanes of at least 4 members (excludes halogenated alkanes) is 11. The average molecular weight is 863 g/mol. The molecule has 0 spiro atoms. The molecule has 10 heteroatoms. The van der Waals surface area contributed by atoms with Gasteiger partial charge in [0.1, 0.15) is 17.8 Å². The number of hydrogen-bond acceptors (Lipinski definition) is 9. The van der Waals surface area contributed by atoms with Crippen LogP contribution in [0.3, 0.4) is 0 Å². The van der Waals surface area contributed by atoms with Crippen LogP contribution in [0, 0.1) is 0 Å². The third-order valence-electron chi connectivity index (χ3n) is 14.3. The molecule has 0 radical (unpaired) electrons. The molecule has 4 aliphatic rings. The fourth-order valence-corrected chi connectivity index (χ4v) is 10.5. The summed E-state index contributed by atoms with van der Waals surface area (Å²) in [7, 11) is 9.04. The molecule has 6 bridgehead atoms. The lowest BCUT2D eigenvalue weighted by Crippen LogP contribution is -2.63. The van der Waals surface area contributed by atoms with Crippen LogP contribution in [0.1, 0.15) is 136 Å². The number of carbonyl (C=O) groups is 1. The summed E-state index contributed by atoms with van der Waals surface area (Å²) >= 11 is 0. The molecular formula is C53H70N2O8. The van der Waals surface area contributed by atoms with E-state index >= 15 is 0 Å². The Labute approximate surface area is 375 Å². The maximum atomic E-state index is 13.4. The molecule has 4 aliphatic heterocycles. The van der Waals surface area contributed by atoms with E-state index in [0.29, 0.717) is 77.0 Å². The highest BCUT2D eigenvalue weighted by atomic mass is 16.5. The van der Waals surface area contributed by atoms with Gasteiger partial charge in [-0.25, -0.2) is 0 Å². The summed E-state index contributed by atoms with van der Waals surface area (Å²) in [6, 6.07) is 19.0. The van der Waals surface area contributed by atoms with Gasteiger partial charge in [-0.1, -0.05) is 95.8 Å². The maximum Gasteiger partial charge on any atom is 0.201 e. The lowest BCUT2D eigenvalue weighted by Gasteiger charge is -2.51. The van der Waals surface area contributed by atoms with Crippen LogP contribution >= 0.6 is 0 Å². The molecule has 0 saturated heterocycles. The molecule has 0 fully saturated rings. The van der Waals surface area contributed by atoms with E-state index in [-0.39, 0.29) is 17.8 Å². The Balaban J connectivity index is 1.26. The number of quaternary nitrogens is 1. The standard InChI is InChI=1S/C53H70N2O8/c1-7-8-9-10-11-12-13-14-15-16-17-18-19-43(53(57)58)55(3)29-27-38-33-46(60-5)48-35-41(38)44(55)31-36-20-23-40(24-21-36)62-47-32-37(22-25-45(47)59-4)30-42-50-39(26-28-54(42)2)34-49(61-6)51(56)52(50)63-48/h20-25,32-35,42-44H,7-19,26-31H2,1-6H3,(H-,56,57,58). The number of methoxy groups -OCH3 is 3. The number of fused-ring (bicyclic) bond motifs is 2. The molecule has 8 rings (SSSR count). The van der Waals surface area contributed by atoms with Gasteiger partial charge in [-0.15, -0.1) is 0 Å². The number of ether oxygens (including phenoxy) is 5. The lowest BCUT2D eigenvalue weighted by molar-refractivity contribution is -0.958. The number of likely N-dealkylation sites (N-methyl/N-ethyl adjacent to an activating group) is 2. The van der Waals surface area contributed by atoms with Crippen molar-refractivity contribution in [3.63, 3.8) is 0 Å². The van der Waals surface area contributed by atoms with Crippen molar-refractivity contribution in [1.82, 2.24) is 4.90 Å². The van der Waals surface area contributed by atoms with E-state index in [1.807, 2.05) is 42.5 Å². The van der Waals surface area contributed by atoms with E-state index in [1.54, 1.807) is 21.3 Å². The van der Waals surface area contributed by atoms with Gasteiger partial charge in [0.15, 0.2) is 34.5 Å². The zero-order chi connectivity index (χ0) is 44.5. The lowest BCUT2D eigenvalue weighted by atomic mass is 9.84. The number of aliphatic carboxylic acids is 1. The zero-order valence-corrected chi connectivity index (χ0v) is 38.6. The Bertz CT molecular complexity index is 2170. The van der Waals surface area contributed by atoms with Crippen molar-refractivity contribution in [3.8, 4) is 46.0 Å². The van der Waals surface area contributed by atoms with Crippen LogP contribution in [0.2, 0.25) is 0 Å². The number of benzene rings is 4. The molecule has 63 heavy (non-hydrogen) atoms. The third kappa shape index (κ3) is 10.4. The number of phenols is 1. The second-order valence-electron chi connectivity index (χ2n) is 18.4. The first-order chi connectivity index (χ1) is 30.6. The number of aromatic hydroxyl groups is 1. The number of carboxylic acid groups (broad SMARTS) is 1. The largest absolute Gasteiger partial charge is 0.544 e. The maximum absolute atomic E-state index is 13.4. The minimum atomic E-state index is -1.00. The van der Waals surface area contributed by atoms with Gasteiger partial charge < -0.3 is 43.2 Å². The molecule has 4 heterocycles. The second kappa shape index (κ2) is 21.2. The van der Waals surface area contributed by atoms with Gasteiger partial charge >= 0.3 is 0 Å². The van der Waals surface area contributed by atoms with E-state index in [1.165, 1.54) is 57.8 Å². The van der Waals surface area contributed by atoms with Crippen LogP contribution in [0.25, 0.3) is 0 Å². The fraction of sp³-hybridized carbons (Fsp3) is 0.528. The fourth-order valence-electron chi connectivity index (χ4n) is 10.5. The van der Waals surface area contributed by atoms with Crippen LogP contribution < -0.4 is 28.8 Å². The van der Waals surface area contributed by atoms with Crippen molar-refractivity contribution in [2.45, 2.75) is 134 Å². The highest BCUT2D eigenvalue weighted by molar-refractivity contribution is 5.70. The van der Waals surface area contributed by atoms with Crippen LogP contribution in [-0.2, 0) is 30.5 Å². The molecule has 4 unspecified atom stereocenters. The Morgan fingerprint density at radius 2 is 1.38 bits per heavy atom. The van der Waals surface area contributed by atoms with Gasteiger partial charge in [-0.2, -0.15) is 0 Å². The zero-order valence-electron chi connectivity index (χ0n) is 38.6. The van der Waals surface area contributed by atoms with Crippen molar-refractivity contribution in [3.05, 3.63) is 94.0 Å². The number of hydrogen-bond donors (Lipinski definition) is 1. The topological polar surface area (TPSA) is 110 Å². The minimum absolute atomic E-state index is 0.0828. The first-order valence-corrected chi connectivity index (χ1v) is 23.6. The van der Waals surface area contributed by atoms with E-state index < -0.39 is 12.0 Å². The van der Waals surface area contributed by atoms with E-state index in [0.717, 1.165) is 65.6 Å². The number of carboxylic acids is 1. The smallest absolute Gasteiger partial charge is 0.201 e. The molecule has 4 atom stereocenters. The summed E-state index contributed by atoms with van der Waals surface area (Å²) in [6.45, 7) is 3.69. The van der Waals surface area contributed by atoms with Crippen molar-refractivity contribution in [2.75, 3.05) is 48.5 Å². The van der Waals surface area contributed by atoms with E-state index in [9.17, 15) is 15.0 Å². The van der Waals surface area contributed by atoms with Crippen LogP contribution in [0.15, 0.2) is 60.7 Å². The summed E-state index contributed by atoms with van der Waals surface area (Å²) < 4.78 is 31.4. The van der Waals surface area contributed by atoms with Crippen molar-refractivity contribution >= 4 is 5.97 Å². The molecule has 4 aromatic rings. The normalized spacial score (nSPS) is 19.8. The van der Waals surface area contributed by atoms with Gasteiger partial charge in [0.2, 0.25) is 5.75 Å². The predicted octanol–water partition coefficient (Wildman–Crippen LogP) is 10.6. The molecule has 10 nitrogen and oxygen atoms in total. The highest BCUT2D eigenvalue weighted by Crippen LogP contribution is 2.52. The Hall–Kier alpha value is -4.93. The van der Waals surface area contributed by atoms with Crippen LogP contribution in [-0.4, -0.2) is 75.0 Å². The summed E-state index contributed by atoms with van der Waals surface area (Å²) in [6.07, 6.45) is 17.8. The SMILES string of the molecule is CCCCCCCCCCCCCCC(C(=O)[O-])[N+]1(C)CCc2cc(OC)c3cc2C1Cc1ccc(cc1)Oc1cc(ccc1OC)CC1c2c(cc(OC)c(O)c2O3)CCN1C. The van der Waals surface area contributed by atoms with E-state index in [4.69, 9.17) is 23.7 Å². The van der Waals surface area contributed by atoms with E-state index in [2.05, 4.69) is 44.1 Å². The molecule has 0 amide bonds. The molecule has 1 N–H and O–H groups in total. The number of rotatable bonds is 18.